The Morgan fingerprint density at radius 1 is 1.15 bits per heavy atom. The summed E-state index contributed by atoms with van der Waals surface area (Å²) in [5, 5.41) is 5.38. The van der Waals surface area contributed by atoms with Gasteiger partial charge in [-0.15, -0.1) is 11.3 Å². The quantitative estimate of drug-likeness (QED) is 0.664. The van der Waals surface area contributed by atoms with Gasteiger partial charge in [0.2, 0.25) is 0 Å². The van der Waals surface area contributed by atoms with E-state index in [1.165, 1.54) is 6.07 Å². The molecule has 1 heterocycles. The number of rotatable bonds is 7. The van der Waals surface area contributed by atoms with E-state index < -0.39 is 11.7 Å². The molecule has 2 aromatic rings. The van der Waals surface area contributed by atoms with Crippen LogP contribution in [0.3, 0.4) is 0 Å². The van der Waals surface area contributed by atoms with Crippen molar-refractivity contribution in [2.75, 3.05) is 32.5 Å². The third-order valence-corrected chi connectivity index (χ3v) is 4.91. The summed E-state index contributed by atoms with van der Waals surface area (Å²) in [7, 11) is 4.01. The zero-order valence-corrected chi connectivity index (χ0v) is 16.3. The second kappa shape index (κ2) is 9.34. The van der Waals surface area contributed by atoms with Crippen molar-refractivity contribution in [3.8, 4) is 0 Å². The molecule has 2 rings (SSSR count). The Morgan fingerprint density at radius 2 is 1.92 bits per heavy atom. The number of nitrogens with zero attached hydrogens (tertiary/aromatic N) is 2. The highest BCUT2D eigenvalue weighted by atomic mass is 32.1. The number of halogens is 3. The highest BCUT2D eigenvalue weighted by Gasteiger charge is 2.30. The summed E-state index contributed by atoms with van der Waals surface area (Å²) in [5.74, 6) is 0. The molecule has 0 saturated heterocycles. The van der Waals surface area contributed by atoms with Gasteiger partial charge < -0.3 is 15.1 Å². The Morgan fingerprint density at radius 3 is 2.54 bits per heavy atom. The minimum absolute atomic E-state index is 0.341. The predicted molar refractivity (Wildman–Crippen MR) is 106 cm³/mol. The Hall–Kier alpha value is -1.64. The number of hydrogen-bond acceptors (Lipinski definition) is 3. The fourth-order valence-electron chi connectivity index (χ4n) is 2.40. The Labute approximate surface area is 161 Å². The molecule has 0 amide bonds. The van der Waals surface area contributed by atoms with Crippen LogP contribution in [0.2, 0.25) is 0 Å². The Balaban J connectivity index is 2.07. The van der Waals surface area contributed by atoms with E-state index in [-0.39, 0.29) is 0 Å². The lowest BCUT2D eigenvalue weighted by molar-refractivity contribution is -0.137. The van der Waals surface area contributed by atoms with E-state index in [2.05, 4.69) is 10.2 Å². The second-order valence-electron chi connectivity index (χ2n) is 6.17. The molecule has 0 aliphatic heterocycles. The van der Waals surface area contributed by atoms with E-state index in [0.717, 1.165) is 36.5 Å². The van der Waals surface area contributed by atoms with Crippen molar-refractivity contribution < 1.29 is 13.2 Å². The molecule has 1 aromatic heterocycles. The zero-order chi connectivity index (χ0) is 19.2. The van der Waals surface area contributed by atoms with Crippen molar-refractivity contribution in [2.45, 2.75) is 19.1 Å². The number of thiocarbonyl (C=S) groups is 1. The molecule has 8 heteroatoms. The molecule has 0 atom stereocenters. The summed E-state index contributed by atoms with van der Waals surface area (Å²) < 4.78 is 38.7. The zero-order valence-electron chi connectivity index (χ0n) is 14.7. The van der Waals surface area contributed by atoms with E-state index in [9.17, 15) is 13.2 Å². The summed E-state index contributed by atoms with van der Waals surface area (Å²) in [6.07, 6.45) is -3.47. The second-order valence-corrected chi connectivity index (χ2v) is 7.59. The highest BCUT2D eigenvalue weighted by Crippen LogP contribution is 2.30. The van der Waals surface area contributed by atoms with Crippen LogP contribution in [0.15, 0.2) is 41.8 Å². The van der Waals surface area contributed by atoms with Gasteiger partial charge in [0.05, 0.1) is 12.1 Å². The molecule has 1 N–H and O–H groups in total. The summed E-state index contributed by atoms with van der Waals surface area (Å²) in [5.41, 5.74) is -0.351. The van der Waals surface area contributed by atoms with Gasteiger partial charge in [0, 0.05) is 17.1 Å². The van der Waals surface area contributed by atoms with Gasteiger partial charge in [-0.1, -0.05) is 12.1 Å². The fraction of sp³-hybridized carbons (Fsp3) is 0.389. The minimum Gasteiger partial charge on any atom is -0.344 e. The number of benzene rings is 1. The first-order valence-corrected chi connectivity index (χ1v) is 9.45. The van der Waals surface area contributed by atoms with Gasteiger partial charge in [-0.2, -0.15) is 13.2 Å². The topological polar surface area (TPSA) is 18.5 Å². The normalized spacial score (nSPS) is 11.6. The van der Waals surface area contributed by atoms with E-state index in [1.807, 2.05) is 36.5 Å². The van der Waals surface area contributed by atoms with Gasteiger partial charge in [-0.05, 0) is 68.9 Å². The van der Waals surface area contributed by atoms with E-state index in [1.54, 1.807) is 17.4 Å². The van der Waals surface area contributed by atoms with E-state index >= 15 is 0 Å². The van der Waals surface area contributed by atoms with Crippen molar-refractivity contribution in [1.82, 2.24) is 9.80 Å². The molecule has 0 aliphatic rings. The number of nitrogens with one attached hydrogen (secondary N) is 1. The van der Waals surface area contributed by atoms with Crippen LogP contribution in [-0.4, -0.2) is 42.1 Å². The van der Waals surface area contributed by atoms with Gasteiger partial charge in [-0.25, -0.2) is 0 Å². The van der Waals surface area contributed by atoms with E-state index in [0.29, 0.717) is 17.3 Å². The Kier molecular flexibility index (Phi) is 7.43. The molecule has 26 heavy (non-hydrogen) atoms. The third kappa shape index (κ3) is 6.59. The number of anilines is 1. The summed E-state index contributed by atoms with van der Waals surface area (Å²) in [6, 6.07) is 9.09. The SMILES string of the molecule is CN(C)CCCN(Cc1cccs1)C(=S)Nc1cccc(C(F)(F)F)c1. The van der Waals surface area contributed by atoms with Crippen LogP contribution in [-0.2, 0) is 12.7 Å². The van der Waals surface area contributed by atoms with Crippen LogP contribution in [0, 0.1) is 0 Å². The molecule has 0 spiro atoms. The highest BCUT2D eigenvalue weighted by molar-refractivity contribution is 7.80. The van der Waals surface area contributed by atoms with Crippen molar-refractivity contribution in [1.29, 1.82) is 0 Å². The summed E-state index contributed by atoms with van der Waals surface area (Å²) >= 11 is 7.10. The van der Waals surface area contributed by atoms with Gasteiger partial charge in [-0.3, -0.25) is 0 Å². The van der Waals surface area contributed by atoms with Crippen molar-refractivity contribution >= 4 is 34.4 Å². The lowest BCUT2D eigenvalue weighted by atomic mass is 10.2. The molecular weight excluding hydrogens is 379 g/mol. The first kappa shape index (κ1) is 20.7. The van der Waals surface area contributed by atoms with Crippen LogP contribution < -0.4 is 5.32 Å². The van der Waals surface area contributed by atoms with Crippen LogP contribution in [0.25, 0.3) is 0 Å². The molecule has 0 fully saturated rings. The molecule has 0 aliphatic carbocycles. The molecule has 142 valence electrons. The predicted octanol–water partition coefficient (Wildman–Crippen LogP) is 4.92. The smallest absolute Gasteiger partial charge is 0.344 e. The van der Waals surface area contributed by atoms with E-state index in [4.69, 9.17) is 12.2 Å². The molecule has 0 bridgehead atoms. The average molecular weight is 402 g/mol. The average Bonchev–Trinajstić information content (AvgIpc) is 3.06. The van der Waals surface area contributed by atoms with Gasteiger partial charge in [0.1, 0.15) is 0 Å². The monoisotopic (exact) mass is 401 g/mol. The molecular formula is C18H22F3N3S2. The first-order valence-electron chi connectivity index (χ1n) is 8.16. The summed E-state index contributed by atoms with van der Waals surface area (Å²) in [6.45, 7) is 2.27. The molecule has 3 nitrogen and oxygen atoms in total. The largest absolute Gasteiger partial charge is 0.416 e. The Bertz CT molecular complexity index is 700. The van der Waals surface area contributed by atoms with Crippen LogP contribution in [0.5, 0.6) is 0 Å². The van der Waals surface area contributed by atoms with Crippen LogP contribution in [0.4, 0.5) is 18.9 Å². The molecule has 1 aromatic carbocycles. The van der Waals surface area contributed by atoms with Crippen molar-refractivity contribution in [2.24, 2.45) is 0 Å². The number of thiophene rings is 1. The van der Waals surface area contributed by atoms with Gasteiger partial charge >= 0.3 is 6.18 Å². The molecule has 0 radical (unpaired) electrons. The van der Waals surface area contributed by atoms with Gasteiger partial charge in [0.15, 0.2) is 5.11 Å². The fourth-order valence-corrected chi connectivity index (χ4v) is 3.39. The van der Waals surface area contributed by atoms with Crippen LogP contribution in [0.1, 0.15) is 16.9 Å². The molecule has 0 saturated carbocycles. The van der Waals surface area contributed by atoms with Crippen LogP contribution >= 0.6 is 23.6 Å². The molecule has 0 unspecified atom stereocenters. The lowest BCUT2D eigenvalue weighted by Gasteiger charge is -2.26. The number of alkyl halides is 3. The van der Waals surface area contributed by atoms with Crippen molar-refractivity contribution in [3.05, 3.63) is 52.2 Å². The standard InChI is InChI=1S/C18H22F3N3S2/c1-23(2)9-5-10-24(13-16-8-4-11-26-16)17(25)22-15-7-3-6-14(12-15)18(19,20)21/h3-4,6-8,11-12H,5,9-10,13H2,1-2H3,(H,22,25). The summed E-state index contributed by atoms with van der Waals surface area (Å²) in [4.78, 5) is 5.24. The van der Waals surface area contributed by atoms with Gasteiger partial charge in [0.25, 0.3) is 0 Å². The third-order valence-electron chi connectivity index (χ3n) is 3.69. The van der Waals surface area contributed by atoms with Crippen molar-refractivity contribution in [3.63, 3.8) is 0 Å². The maximum absolute atomic E-state index is 12.9. The number of hydrogen-bond donors (Lipinski definition) is 1. The lowest BCUT2D eigenvalue weighted by Crippen LogP contribution is -2.36. The maximum Gasteiger partial charge on any atom is 0.416 e. The minimum atomic E-state index is -4.37. The first-order chi connectivity index (χ1) is 12.3. The maximum atomic E-state index is 12.9.